The lowest BCUT2D eigenvalue weighted by molar-refractivity contribution is -0.384. The molecule has 3 rings (SSSR count). The smallest absolute Gasteiger partial charge is 0.287 e. The molecular formula is C19H16FN3O4. The molecular weight excluding hydrogens is 353 g/mol. The number of nitro groups is 1. The monoisotopic (exact) mass is 369 g/mol. The first-order valence-electron chi connectivity index (χ1n) is 8.15. The predicted octanol–water partition coefficient (Wildman–Crippen LogP) is 3.84. The van der Waals surface area contributed by atoms with Gasteiger partial charge in [-0.05, 0) is 48.5 Å². The fraction of sp³-hybridized carbons (Fsp3) is 0.105. The lowest BCUT2D eigenvalue weighted by atomic mass is 10.2. The van der Waals surface area contributed by atoms with Crippen LogP contribution in [0, 0.1) is 15.9 Å². The van der Waals surface area contributed by atoms with Gasteiger partial charge < -0.3 is 15.1 Å². The van der Waals surface area contributed by atoms with Gasteiger partial charge in [0.15, 0.2) is 5.76 Å². The van der Waals surface area contributed by atoms with E-state index in [9.17, 15) is 19.3 Å². The minimum atomic E-state index is -0.465. The van der Waals surface area contributed by atoms with E-state index in [2.05, 4.69) is 10.6 Å². The van der Waals surface area contributed by atoms with Crippen molar-refractivity contribution in [1.29, 1.82) is 0 Å². The van der Waals surface area contributed by atoms with E-state index in [4.69, 9.17) is 4.42 Å². The molecule has 2 aromatic carbocycles. The lowest BCUT2D eigenvalue weighted by Crippen LogP contribution is -2.28. The van der Waals surface area contributed by atoms with Gasteiger partial charge >= 0.3 is 0 Å². The number of nitrogens with one attached hydrogen (secondary N) is 2. The van der Waals surface area contributed by atoms with Crippen molar-refractivity contribution in [2.75, 3.05) is 18.4 Å². The van der Waals surface area contributed by atoms with Gasteiger partial charge in [0.05, 0.1) is 4.92 Å². The van der Waals surface area contributed by atoms with E-state index >= 15 is 0 Å². The molecule has 0 radical (unpaired) electrons. The van der Waals surface area contributed by atoms with Crippen LogP contribution < -0.4 is 10.6 Å². The second-order valence-electron chi connectivity index (χ2n) is 5.66. The third-order valence-electron chi connectivity index (χ3n) is 3.78. The quantitative estimate of drug-likeness (QED) is 0.375. The molecule has 0 saturated carbocycles. The molecule has 0 bridgehead atoms. The highest BCUT2D eigenvalue weighted by atomic mass is 19.1. The van der Waals surface area contributed by atoms with Crippen molar-refractivity contribution in [2.24, 2.45) is 0 Å². The summed E-state index contributed by atoms with van der Waals surface area (Å²) in [6.45, 7) is 0.775. The molecule has 0 fully saturated rings. The second kappa shape index (κ2) is 8.13. The first kappa shape index (κ1) is 18.1. The van der Waals surface area contributed by atoms with Gasteiger partial charge in [-0.15, -0.1) is 0 Å². The summed E-state index contributed by atoms with van der Waals surface area (Å²) in [6.07, 6.45) is 0. The van der Waals surface area contributed by atoms with Crippen LogP contribution in [0.1, 0.15) is 10.6 Å². The number of hydrogen-bond donors (Lipinski definition) is 2. The number of carbonyl (C=O) groups is 1. The minimum Gasteiger partial charge on any atom is -0.451 e. The Morgan fingerprint density at radius 3 is 2.37 bits per heavy atom. The van der Waals surface area contributed by atoms with Gasteiger partial charge in [-0.25, -0.2) is 4.39 Å². The first-order valence-corrected chi connectivity index (χ1v) is 8.15. The van der Waals surface area contributed by atoms with E-state index in [1.54, 1.807) is 36.4 Å². The zero-order chi connectivity index (χ0) is 19.2. The number of hydrogen-bond acceptors (Lipinski definition) is 5. The number of amides is 1. The summed E-state index contributed by atoms with van der Waals surface area (Å²) in [4.78, 5) is 22.2. The van der Waals surface area contributed by atoms with Crippen LogP contribution in [0.5, 0.6) is 0 Å². The molecule has 0 saturated heterocycles. The van der Waals surface area contributed by atoms with Gasteiger partial charge in [-0.1, -0.05) is 0 Å². The summed E-state index contributed by atoms with van der Waals surface area (Å²) in [7, 11) is 0. The minimum absolute atomic E-state index is 0.0173. The largest absolute Gasteiger partial charge is 0.451 e. The van der Waals surface area contributed by atoms with E-state index < -0.39 is 4.92 Å². The van der Waals surface area contributed by atoms with E-state index in [1.807, 2.05) is 0 Å². The molecule has 0 aliphatic carbocycles. The Kier molecular flexibility index (Phi) is 5.46. The summed E-state index contributed by atoms with van der Waals surface area (Å²) in [5, 5.41) is 16.4. The molecule has 1 amide bonds. The summed E-state index contributed by atoms with van der Waals surface area (Å²) in [5.41, 5.74) is 1.41. The average Bonchev–Trinajstić information content (AvgIpc) is 3.16. The number of non-ortho nitro benzene ring substituents is 1. The molecule has 1 heterocycles. The Bertz CT molecular complexity index is 936. The fourth-order valence-electron chi connectivity index (χ4n) is 2.40. The van der Waals surface area contributed by atoms with Gasteiger partial charge in [0.2, 0.25) is 0 Å². The van der Waals surface area contributed by atoms with Crippen LogP contribution in [0.4, 0.5) is 15.8 Å². The number of nitro benzene ring substituents is 1. The molecule has 8 heteroatoms. The molecule has 2 N–H and O–H groups in total. The maximum Gasteiger partial charge on any atom is 0.287 e. The van der Waals surface area contributed by atoms with Crippen LogP contribution in [0.3, 0.4) is 0 Å². The number of rotatable bonds is 7. The van der Waals surface area contributed by atoms with Crippen molar-refractivity contribution in [2.45, 2.75) is 0 Å². The van der Waals surface area contributed by atoms with Crippen LogP contribution in [0.2, 0.25) is 0 Å². The second-order valence-corrected chi connectivity index (χ2v) is 5.66. The SMILES string of the molecule is O=C(NCCNc1ccc([N+](=O)[O-])cc1)c1ccc(-c2ccc(F)cc2)o1. The van der Waals surface area contributed by atoms with Crippen LogP contribution >= 0.6 is 0 Å². The van der Waals surface area contributed by atoms with Crippen molar-refractivity contribution >= 4 is 17.3 Å². The van der Waals surface area contributed by atoms with Crippen molar-refractivity contribution in [1.82, 2.24) is 5.32 Å². The predicted molar refractivity (Wildman–Crippen MR) is 98.0 cm³/mol. The molecule has 0 aliphatic heterocycles. The number of anilines is 1. The summed E-state index contributed by atoms with van der Waals surface area (Å²) in [6, 6.07) is 15.0. The van der Waals surface area contributed by atoms with Crippen molar-refractivity contribution in [3.8, 4) is 11.3 Å². The molecule has 27 heavy (non-hydrogen) atoms. The topological polar surface area (TPSA) is 97.4 Å². The maximum atomic E-state index is 13.0. The molecule has 138 valence electrons. The molecule has 1 aromatic heterocycles. The van der Waals surface area contributed by atoms with Crippen molar-refractivity contribution in [3.05, 3.63) is 82.4 Å². The van der Waals surface area contributed by atoms with Crippen molar-refractivity contribution in [3.63, 3.8) is 0 Å². The molecule has 0 aliphatic rings. The Morgan fingerprint density at radius 2 is 1.70 bits per heavy atom. The molecule has 7 nitrogen and oxygen atoms in total. The van der Waals surface area contributed by atoms with Crippen LogP contribution in [-0.4, -0.2) is 23.9 Å². The zero-order valence-electron chi connectivity index (χ0n) is 14.1. The Morgan fingerprint density at radius 1 is 1.00 bits per heavy atom. The van der Waals surface area contributed by atoms with E-state index in [0.717, 1.165) is 0 Å². The van der Waals surface area contributed by atoms with Gasteiger partial charge in [0.25, 0.3) is 11.6 Å². The van der Waals surface area contributed by atoms with E-state index in [0.29, 0.717) is 30.1 Å². The van der Waals surface area contributed by atoms with Crippen LogP contribution in [-0.2, 0) is 0 Å². The van der Waals surface area contributed by atoms with Crippen LogP contribution in [0.15, 0.2) is 65.1 Å². The highest BCUT2D eigenvalue weighted by Crippen LogP contribution is 2.22. The Balaban J connectivity index is 1.48. The highest BCUT2D eigenvalue weighted by molar-refractivity contribution is 5.92. The number of halogens is 1. The molecule has 0 spiro atoms. The number of furan rings is 1. The highest BCUT2D eigenvalue weighted by Gasteiger charge is 2.12. The lowest BCUT2D eigenvalue weighted by Gasteiger charge is -2.07. The van der Waals surface area contributed by atoms with E-state index in [1.165, 1.54) is 24.3 Å². The molecule has 3 aromatic rings. The summed E-state index contributed by atoms with van der Waals surface area (Å²) < 4.78 is 18.5. The normalized spacial score (nSPS) is 10.4. The Hall–Kier alpha value is -3.68. The number of benzene rings is 2. The van der Waals surface area contributed by atoms with Gasteiger partial charge in [0.1, 0.15) is 11.6 Å². The van der Waals surface area contributed by atoms with Gasteiger partial charge in [-0.3, -0.25) is 14.9 Å². The van der Waals surface area contributed by atoms with Gasteiger partial charge in [0, 0.05) is 36.5 Å². The zero-order valence-corrected chi connectivity index (χ0v) is 14.1. The number of carbonyl (C=O) groups excluding carboxylic acids is 1. The molecule has 0 unspecified atom stereocenters. The van der Waals surface area contributed by atoms with Gasteiger partial charge in [-0.2, -0.15) is 0 Å². The maximum absolute atomic E-state index is 13.0. The average molecular weight is 369 g/mol. The van der Waals surface area contributed by atoms with Crippen molar-refractivity contribution < 1.29 is 18.5 Å². The summed E-state index contributed by atoms with van der Waals surface area (Å²) >= 11 is 0. The molecule has 0 atom stereocenters. The van der Waals surface area contributed by atoms with E-state index in [-0.39, 0.29) is 23.2 Å². The first-order chi connectivity index (χ1) is 13.0. The van der Waals surface area contributed by atoms with Crippen LogP contribution in [0.25, 0.3) is 11.3 Å². The third-order valence-corrected chi connectivity index (χ3v) is 3.78. The number of nitrogens with zero attached hydrogens (tertiary/aromatic N) is 1. The third kappa shape index (κ3) is 4.69. The Labute approximate surface area is 154 Å². The fourth-order valence-corrected chi connectivity index (χ4v) is 2.40. The summed E-state index contributed by atoms with van der Waals surface area (Å²) in [5.74, 6) is -0.0773. The standard InChI is InChI=1S/C19H16FN3O4/c20-14-3-1-13(2-4-14)17-9-10-18(27-17)19(24)22-12-11-21-15-5-7-16(8-6-15)23(25)26/h1-10,21H,11-12H2,(H,22,24).